The highest BCUT2D eigenvalue weighted by Gasteiger charge is 2.25. The van der Waals surface area contributed by atoms with Crippen LogP contribution in [-0.4, -0.2) is 12.6 Å². The molecule has 0 bridgehead atoms. The molecular formula is C13H17Cl2N. The standard InChI is InChI=1S/C13H17Cl2N/c1-2-9-5-6-16-13(9)7-10-3-4-11(14)8-12(10)15/h3-4,8-9,13,16H,2,5-7H2,1H3. The number of nitrogens with one attached hydrogen (secondary N) is 1. The molecule has 1 aromatic rings. The zero-order valence-electron chi connectivity index (χ0n) is 9.47. The van der Waals surface area contributed by atoms with Crippen molar-refractivity contribution in [3.63, 3.8) is 0 Å². The minimum absolute atomic E-state index is 0.573. The van der Waals surface area contributed by atoms with Crippen LogP contribution in [0.1, 0.15) is 25.3 Å². The van der Waals surface area contributed by atoms with E-state index in [0.29, 0.717) is 11.1 Å². The summed E-state index contributed by atoms with van der Waals surface area (Å²) in [7, 11) is 0. The van der Waals surface area contributed by atoms with Crippen molar-refractivity contribution in [2.24, 2.45) is 5.92 Å². The van der Waals surface area contributed by atoms with Crippen molar-refractivity contribution < 1.29 is 0 Å². The van der Waals surface area contributed by atoms with Crippen molar-refractivity contribution in [1.29, 1.82) is 0 Å². The molecule has 2 atom stereocenters. The lowest BCUT2D eigenvalue weighted by Gasteiger charge is -2.18. The average molecular weight is 258 g/mol. The lowest BCUT2D eigenvalue weighted by molar-refractivity contribution is 0.433. The second-order valence-electron chi connectivity index (χ2n) is 4.46. The second kappa shape index (κ2) is 5.39. The van der Waals surface area contributed by atoms with Gasteiger partial charge in [-0.2, -0.15) is 0 Å². The summed E-state index contributed by atoms with van der Waals surface area (Å²) in [6.45, 7) is 3.39. The Hall–Kier alpha value is -0.240. The molecule has 1 aliphatic heterocycles. The maximum Gasteiger partial charge on any atom is 0.0453 e. The smallest absolute Gasteiger partial charge is 0.0453 e. The van der Waals surface area contributed by atoms with Gasteiger partial charge in [-0.25, -0.2) is 0 Å². The number of benzene rings is 1. The summed E-state index contributed by atoms with van der Waals surface area (Å²) < 4.78 is 0. The minimum atomic E-state index is 0.573. The third-order valence-electron chi connectivity index (χ3n) is 3.47. The van der Waals surface area contributed by atoms with E-state index in [-0.39, 0.29) is 0 Å². The topological polar surface area (TPSA) is 12.0 Å². The predicted molar refractivity (Wildman–Crippen MR) is 70.4 cm³/mol. The molecule has 0 amide bonds. The third kappa shape index (κ3) is 2.71. The summed E-state index contributed by atoms with van der Waals surface area (Å²) in [4.78, 5) is 0. The summed E-state index contributed by atoms with van der Waals surface area (Å²) in [5, 5.41) is 5.05. The van der Waals surface area contributed by atoms with E-state index in [0.717, 1.165) is 23.9 Å². The van der Waals surface area contributed by atoms with Gasteiger partial charge in [0, 0.05) is 16.1 Å². The predicted octanol–water partition coefficient (Wildman–Crippen LogP) is 3.92. The number of halogens is 2. The van der Waals surface area contributed by atoms with Crippen LogP contribution in [0.5, 0.6) is 0 Å². The van der Waals surface area contributed by atoms with Crippen LogP contribution in [-0.2, 0) is 6.42 Å². The van der Waals surface area contributed by atoms with Crippen molar-refractivity contribution in [3.8, 4) is 0 Å². The molecule has 1 nitrogen and oxygen atoms in total. The van der Waals surface area contributed by atoms with E-state index in [4.69, 9.17) is 23.2 Å². The summed E-state index contributed by atoms with van der Waals surface area (Å²) in [5.74, 6) is 0.784. The Morgan fingerprint density at radius 3 is 2.88 bits per heavy atom. The normalized spacial score (nSPS) is 24.9. The van der Waals surface area contributed by atoms with Gasteiger partial charge in [0.25, 0.3) is 0 Å². The van der Waals surface area contributed by atoms with Crippen LogP contribution in [0.25, 0.3) is 0 Å². The van der Waals surface area contributed by atoms with Crippen molar-refractivity contribution in [2.45, 2.75) is 32.2 Å². The molecule has 0 aliphatic carbocycles. The van der Waals surface area contributed by atoms with Gasteiger partial charge in [-0.15, -0.1) is 0 Å². The van der Waals surface area contributed by atoms with Crippen LogP contribution in [0.4, 0.5) is 0 Å². The molecule has 3 heteroatoms. The fourth-order valence-electron chi connectivity index (χ4n) is 2.47. The van der Waals surface area contributed by atoms with Crippen molar-refractivity contribution >= 4 is 23.2 Å². The molecule has 0 spiro atoms. The molecule has 1 aliphatic rings. The van der Waals surface area contributed by atoms with E-state index >= 15 is 0 Å². The van der Waals surface area contributed by atoms with Gasteiger partial charge in [0.05, 0.1) is 0 Å². The molecular weight excluding hydrogens is 241 g/mol. The Labute approximate surface area is 107 Å². The molecule has 2 rings (SSSR count). The maximum absolute atomic E-state index is 6.19. The fourth-order valence-corrected chi connectivity index (χ4v) is 2.96. The zero-order chi connectivity index (χ0) is 11.5. The van der Waals surface area contributed by atoms with E-state index in [1.807, 2.05) is 18.2 Å². The molecule has 1 fully saturated rings. The summed E-state index contributed by atoms with van der Waals surface area (Å²) in [6, 6.07) is 6.35. The minimum Gasteiger partial charge on any atom is -0.313 e. The van der Waals surface area contributed by atoms with Gasteiger partial charge >= 0.3 is 0 Å². The Balaban J connectivity index is 2.08. The van der Waals surface area contributed by atoms with E-state index < -0.39 is 0 Å². The van der Waals surface area contributed by atoms with Crippen LogP contribution in [0.2, 0.25) is 10.0 Å². The van der Waals surface area contributed by atoms with Crippen molar-refractivity contribution in [2.75, 3.05) is 6.54 Å². The molecule has 2 unspecified atom stereocenters. The lowest BCUT2D eigenvalue weighted by Crippen LogP contribution is -2.29. The first-order valence-corrected chi connectivity index (χ1v) is 6.63. The van der Waals surface area contributed by atoms with Gasteiger partial charge in [-0.3, -0.25) is 0 Å². The van der Waals surface area contributed by atoms with Crippen molar-refractivity contribution in [1.82, 2.24) is 5.32 Å². The Bertz CT molecular complexity index is 365. The molecule has 1 heterocycles. The van der Waals surface area contributed by atoms with Crippen LogP contribution in [0.15, 0.2) is 18.2 Å². The highest BCUT2D eigenvalue weighted by Crippen LogP contribution is 2.27. The summed E-state index contributed by atoms with van der Waals surface area (Å²) in [6.07, 6.45) is 3.53. The highest BCUT2D eigenvalue weighted by atomic mass is 35.5. The number of hydrogen-bond acceptors (Lipinski definition) is 1. The Kier molecular flexibility index (Phi) is 4.12. The van der Waals surface area contributed by atoms with Gasteiger partial charge in [0.1, 0.15) is 0 Å². The Morgan fingerprint density at radius 2 is 2.19 bits per heavy atom. The van der Waals surface area contributed by atoms with E-state index in [1.54, 1.807) is 0 Å². The van der Waals surface area contributed by atoms with Crippen molar-refractivity contribution in [3.05, 3.63) is 33.8 Å². The molecule has 1 saturated heterocycles. The first-order chi connectivity index (χ1) is 7.70. The van der Waals surface area contributed by atoms with Crippen LogP contribution in [0.3, 0.4) is 0 Å². The van der Waals surface area contributed by atoms with Gasteiger partial charge in [-0.1, -0.05) is 42.6 Å². The number of hydrogen-bond donors (Lipinski definition) is 1. The Morgan fingerprint density at radius 1 is 1.38 bits per heavy atom. The molecule has 0 aromatic heterocycles. The molecule has 88 valence electrons. The third-order valence-corrected chi connectivity index (χ3v) is 4.06. The fraction of sp³-hybridized carbons (Fsp3) is 0.538. The maximum atomic E-state index is 6.19. The van der Waals surface area contributed by atoms with Crippen LogP contribution >= 0.6 is 23.2 Å². The molecule has 1 aromatic carbocycles. The summed E-state index contributed by atoms with van der Waals surface area (Å²) in [5.41, 5.74) is 1.20. The quantitative estimate of drug-likeness (QED) is 0.866. The van der Waals surface area contributed by atoms with Gasteiger partial charge in [-0.05, 0) is 43.0 Å². The van der Waals surface area contributed by atoms with Gasteiger partial charge in [0.2, 0.25) is 0 Å². The van der Waals surface area contributed by atoms with E-state index in [2.05, 4.69) is 12.2 Å². The molecule has 0 saturated carbocycles. The summed E-state index contributed by atoms with van der Waals surface area (Å²) >= 11 is 12.1. The highest BCUT2D eigenvalue weighted by molar-refractivity contribution is 6.35. The second-order valence-corrected chi connectivity index (χ2v) is 5.30. The lowest BCUT2D eigenvalue weighted by atomic mass is 9.93. The zero-order valence-corrected chi connectivity index (χ0v) is 11.0. The first-order valence-electron chi connectivity index (χ1n) is 5.88. The molecule has 1 N–H and O–H groups in total. The number of rotatable bonds is 3. The van der Waals surface area contributed by atoms with Gasteiger partial charge in [0.15, 0.2) is 0 Å². The molecule has 0 radical (unpaired) electrons. The van der Waals surface area contributed by atoms with E-state index in [9.17, 15) is 0 Å². The van der Waals surface area contributed by atoms with Crippen LogP contribution in [0, 0.1) is 5.92 Å². The van der Waals surface area contributed by atoms with E-state index in [1.165, 1.54) is 18.4 Å². The monoisotopic (exact) mass is 257 g/mol. The largest absolute Gasteiger partial charge is 0.313 e. The molecule has 16 heavy (non-hydrogen) atoms. The van der Waals surface area contributed by atoms with Crippen LogP contribution < -0.4 is 5.32 Å². The average Bonchev–Trinajstić information content (AvgIpc) is 2.69. The first kappa shape index (κ1) is 12.2. The van der Waals surface area contributed by atoms with Gasteiger partial charge < -0.3 is 5.32 Å². The SMILES string of the molecule is CCC1CCNC1Cc1ccc(Cl)cc1Cl.